The molecule has 0 amide bonds. The number of H-pyrrole nitrogens is 1. The lowest BCUT2D eigenvalue weighted by atomic mass is 10.1. The van der Waals surface area contributed by atoms with Gasteiger partial charge in [-0.1, -0.05) is 30.3 Å². The van der Waals surface area contributed by atoms with Crippen molar-refractivity contribution in [1.29, 1.82) is 5.26 Å². The van der Waals surface area contributed by atoms with Crippen molar-refractivity contribution >= 4 is 5.97 Å². The molecule has 0 radical (unpaired) electrons. The summed E-state index contributed by atoms with van der Waals surface area (Å²) in [6, 6.07) is 11.1. The quantitative estimate of drug-likeness (QED) is 0.835. The van der Waals surface area contributed by atoms with Gasteiger partial charge >= 0.3 is 5.97 Å². The summed E-state index contributed by atoms with van der Waals surface area (Å²) in [6.07, 6.45) is 0. The molecule has 1 aromatic heterocycles. The zero-order valence-corrected chi connectivity index (χ0v) is 9.80. The van der Waals surface area contributed by atoms with Gasteiger partial charge in [0.15, 0.2) is 5.69 Å². The molecule has 1 N–H and O–H groups in total. The first kappa shape index (κ1) is 11.9. The number of carbonyl (C=O) groups excluding carboxylic acids is 1. The second kappa shape index (κ2) is 5.15. The highest BCUT2D eigenvalue weighted by Crippen LogP contribution is 2.24. The fraction of sp³-hybridized carbons (Fsp3) is 0.154. The molecule has 0 saturated heterocycles. The molecule has 0 bridgehead atoms. The number of hydrogen-bond donors (Lipinski definition) is 1. The topological polar surface area (TPSA) is 78.8 Å². The highest BCUT2D eigenvalue weighted by molar-refractivity contribution is 5.98. The monoisotopic (exact) mass is 241 g/mol. The van der Waals surface area contributed by atoms with E-state index in [4.69, 9.17) is 10.00 Å². The van der Waals surface area contributed by atoms with Gasteiger partial charge in [0.25, 0.3) is 0 Å². The molecule has 18 heavy (non-hydrogen) atoms. The Morgan fingerprint density at radius 2 is 2.17 bits per heavy atom. The molecule has 0 fully saturated rings. The van der Waals surface area contributed by atoms with E-state index >= 15 is 0 Å². The Kier molecular flexibility index (Phi) is 3.39. The van der Waals surface area contributed by atoms with Crippen LogP contribution in [-0.2, 0) is 4.74 Å². The number of benzene rings is 1. The number of hydrogen-bond acceptors (Lipinski definition) is 4. The third-order valence-electron chi connectivity index (χ3n) is 2.40. The Labute approximate surface area is 104 Å². The normalized spacial score (nSPS) is 9.78. The van der Waals surface area contributed by atoms with Gasteiger partial charge in [-0.3, -0.25) is 5.10 Å². The van der Waals surface area contributed by atoms with Gasteiger partial charge in [0.1, 0.15) is 17.3 Å². The average Bonchev–Trinajstić information content (AvgIpc) is 2.84. The highest BCUT2D eigenvalue weighted by atomic mass is 16.5. The molecule has 5 heteroatoms. The molecule has 0 saturated carbocycles. The van der Waals surface area contributed by atoms with Crippen LogP contribution >= 0.6 is 0 Å². The fourth-order valence-corrected chi connectivity index (χ4v) is 1.63. The van der Waals surface area contributed by atoms with Crippen molar-refractivity contribution in [3.63, 3.8) is 0 Å². The number of esters is 1. The molecule has 0 atom stereocenters. The van der Waals surface area contributed by atoms with Gasteiger partial charge in [0.05, 0.1) is 6.61 Å². The molecule has 2 rings (SSSR count). The summed E-state index contributed by atoms with van der Waals surface area (Å²) in [5, 5.41) is 15.5. The number of aromatic amines is 1. The maximum Gasteiger partial charge on any atom is 0.343 e. The number of carbonyl (C=O) groups is 1. The van der Waals surface area contributed by atoms with E-state index in [1.54, 1.807) is 6.92 Å². The lowest BCUT2D eigenvalue weighted by molar-refractivity contribution is 0.0527. The first-order valence-electron chi connectivity index (χ1n) is 5.49. The van der Waals surface area contributed by atoms with Crippen LogP contribution in [0.4, 0.5) is 0 Å². The summed E-state index contributed by atoms with van der Waals surface area (Å²) in [6.45, 7) is 1.97. The minimum atomic E-state index is -0.540. The minimum absolute atomic E-state index is 0.118. The first-order chi connectivity index (χ1) is 8.77. The molecule has 0 spiro atoms. The Morgan fingerprint density at radius 3 is 2.78 bits per heavy atom. The highest BCUT2D eigenvalue weighted by Gasteiger charge is 2.22. The Morgan fingerprint density at radius 1 is 1.44 bits per heavy atom. The predicted octanol–water partition coefficient (Wildman–Crippen LogP) is 2.13. The second-order valence-electron chi connectivity index (χ2n) is 3.52. The van der Waals surface area contributed by atoms with Crippen LogP contribution in [0.5, 0.6) is 0 Å². The molecule has 1 aromatic carbocycles. The standard InChI is InChI=1S/C13H11N3O2/c1-2-18-13(17)11-10(8-14)15-16-12(11)9-6-4-3-5-7-9/h3-7H,2H2,1H3,(H,15,16). The third kappa shape index (κ3) is 2.09. The third-order valence-corrected chi connectivity index (χ3v) is 2.40. The van der Waals surface area contributed by atoms with Gasteiger partial charge in [-0.2, -0.15) is 10.4 Å². The summed E-state index contributed by atoms with van der Waals surface area (Å²) in [7, 11) is 0. The van der Waals surface area contributed by atoms with Gasteiger partial charge < -0.3 is 4.74 Å². The lowest BCUT2D eigenvalue weighted by Crippen LogP contribution is -2.07. The van der Waals surface area contributed by atoms with Gasteiger partial charge in [-0.15, -0.1) is 0 Å². The summed E-state index contributed by atoms with van der Waals surface area (Å²) in [5.41, 5.74) is 1.50. The zero-order valence-electron chi connectivity index (χ0n) is 9.80. The number of nitrogens with one attached hydrogen (secondary N) is 1. The Balaban J connectivity index is 2.53. The van der Waals surface area contributed by atoms with Crippen LogP contribution in [0, 0.1) is 11.3 Å². The van der Waals surface area contributed by atoms with E-state index in [1.165, 1.54) is 0 Å². The van der Waals surface area contributed by atoms with E-state index in [-0.39, 0.29) is 17.9 Å². The number of rotatable bonds is 3. The molecule has 0 aliphatic heterocycles. The van der Waals surface area contributed by atoms with Crippen molar-refractivity contribution in [2.45, 2.75) is 6.92 Å². The SMILES string of the molecule is CCOC(=O)c1c(-c2ccccc2)n[nH]c1C#N. The molecular weight excluding hydrogens is 230 g/mol. The van der Waals surface area contributed by atoms with E-state index < -0.39 is 5.97 Å². The predicted molar refractivity (Wildman–Crippen MR) is 64.7 cm³/mol. The van der Waals surface area contributed by atoms with Crippen molar-refractivity contribution in [3.05, 3.63) is 41.6 Å². The Bertz CT molecular complexity index is 596. The van der Waals surface area contributed by atoms with Crippen molar-refractivity contribution < 1.29 is 9.53 Å². The smallest absolute Gasteiger partial charge is 0.343 e. The van der Waals surface area contributed by atoms with Gasteiger partial charge in [0, 0.05) is 5.56 Å². The van der Waals surface area contributed by atoms with E-state index in [1.807, 2.05) is 36.4 Å². The molecule has 0 unspecified atom stereocenters. The van der Waals surface area contributed by atoms with Crippen LogP contribution in [-0.4, -0.2) is 22.8 Å². The van der Waals surface area contributed by atoms with Crippen molar-refractivity contribution in [1.82, 2.24) is 10.2 Å². The van der Waals surface area contributed by atoms with Gasteiger partial charge in [0.2, 0.25) is 0 Å². The van der Waals surface area contributed by atoms with E-state index in [0.717, 1.165) is 5.56 Å². The molecule has 0 aliphatic rings. The fourth-order valence-electron chi connectivity index (χ4n) is 1.63. The van der Waals surface area contributed by atoms with Crippen LogP contribution in [0.1, 0.15) is 23.0 Å². The van der Waals surface area contributed by atoms with E-state index in [9.17, 15) is 4.79 Å². The number of ether oxygens (including phenoxy) is 1. The summed E-state index contributed by atoms with van der Waals surface area (Å²) in [5.74, 6) is -0.540. The van der Waals surface area contributed by atoms with Crippen LogP contribution in [0.25, 0.3) is 11.3 Å². The van der Waals surface area contributed by atoms with Crippen LogP contribution in [0.3, 0.4) is 0 Å². The number of nitriles is 1. The van der Waals surface area contributed by atoms with Crippen molar-refractivity contribution in [2.75, 3.05) is 6.61 Å². The summed E-state index contributed by atoms with van der Waals surface area (Å²) < 4.78 is 4.94. The van der Waals surface area contributed by atoms with Crippen LogP contribution < -0.4 is 0 Å². The van der Waals surface area contributed by atoms with E-state index in [0.29, 0.717) is 5.69 Å². The molecule has 1 heterocycles. The number of aromatic nitrogens is 2. The Hall–Kier alpha value is -2.61. The molecule has 0 aliphatic carbocycles. The van der Waals surface area contributed by atoms with Gasteiger partial charge in [-0.05, 0) is 6.92 Å². The number of nitrogens with zero attached hydrogens (tertiary/aromatic N) is 2. The summed E-state index contributed by atoms with van der Waals surface area (Å²) >= 11 is 0. The first-order valence-corrected chi connectivity index (χ1v) is 5.49. The minimum Gasteiger partial charge on any atom is -0.462 e. The van der Waals surface area contributed by atoms with Crippen molar-refractivity contribution in [2.24, 2.45) is 0 Å². The average molecular weight is 241 g/mol. The largest absolute Gasteiger partial charge is 0.462 e. The second-order valence-corrected chi connectivity index (χ2v) is 3.52. The van der Waals surface area contributed by atoms with Crippen molar-refractivity contribution in [3.8, 4) is 17.3 Å². The summed E-state index contributed by atoms with van der Waals surface area (Å²) in [4.78, 5) is 11.8. The maximum atomic E-state index is 11.8. The van der Waals surface area contributed by atoms with Crippen LogP contribution in [0.15, 0.2) is 30.3 Å². The molecule has 5 nitrogen and oxygen atoms in total. The van der Waals surface area contributed by atoms with E-state index in [2.05, 4.69) is 10.2 Å². The molecule has 90 valence electrons. The zero-order chi connectivity index (χ0) is 13.0. The van der Waals surface area contributed by atoms with Gasteiger partial charge in [-0.25, -0.2) is 4.79 Å². The van der Waals surface area contributed by atoms with Crippen LogP contribution in [0.2, 0.25) is 0 Å². The molecular formula is C13H11N3O2. The molecule has 2 aromatic rings. The maximum absolute atomic E-state index is 11.8. The lowest BCUT2D eigenvalue weighted by Gasteiger charge is -2.02.